The molecule has 1 N–H and O–H groups in total. The summed E-state index contributed by atoms with van der Waals surface area (Å²) < 4.78 is 0. The van der Waals surface area contributed by atoms with Gasteiger partial charge in [0.1, 0.15) is 0 Å². The molecule has 2 saturated heterocycles. The van der Waals surface area contributed by atoms with E-state index in [1.54, 1.807) is 0 Å². The molecule has 1 aromatic carbocycles. The molecule has 0 atom stereocenters. The van der Waals surface area contributed by atoms with E-state index in [9.17, 15) is 0 Å². The van der Waals surface area contributed by atoms with Crippen molar-refractivity contribution >= 4 is 0 Å². The standard InChI is InChI=1S/C16H22N2/c1-14-16(7-10-17-11-8-16)9-12-18(14)13-15-5-3-2-4-6-15/h2-6,17H,1,7-13H2. The molecule has 2 heterocycles. The molecule has 2 fully saturated rings. The highest BCUT2D eigenvalue weighted by molar-refractivity contribution is 5.21. The Morgan fingerprint density at radius 3 is 2.56 bits per heavy atom. The molecule has 0 aliphatic carbocycles. The molecule has 96 valence electrons. The lowest BCUT2D eigenvalue weighted by molar-refractivity contribution is 0.252. The molecular formula is C16H22N2. The minimum Gasteiger partial charge on any atom is -0.370 e. The van der Waals surface area contributed by atoms with Crippen molar-refractivity contribution in [2.45, 2.75) is 25.8 Å². The van der Waals surface area contributed by atoms with Crippen LogP contribution in [-0.4, -0.2) is 24.5 Å². The monoisotopic (exact) mass is 242 g/mol. The summed E-state index contributed by atoms with van der Waals surface area (Å²) >= 11 is 0. The molecule has 1 aromatic rings. The van der Waals surface area contributed by atoms with Crippen LogP contribution in [0, 0.1) is 5.41 Å². The van der Waals surface area contributed by atoms with E-state index >= 15 is 0 Å². The topological polar surface area (TPSA) is 15.3 Å². The molecule has 2 aliphatic heterocycles. The number of nitrogens with zero attached hydrogens (tertiary/aromatic N) is 1. The van der Waals surface area contributed by atoms with Crippen molar-refractivity contribution in [1.82, 2.24) is 10.2 Å². The molecule has 3 rings (SSSR count). The zero-order chi connectivity index (χ0) is 12.4. The average molecular weight is 242 g/mol. The summed E-state index contributed by atoms with van der Waals surface area (Å²) in [4.78, 5) is 2.49. The van der Waals surface area contributed by atoms with Crippen LogP contribution in [0.5, 0.6) is 0 Å². The normalized spacial score (nSPS) is 22.7. The first-order valence-corrected chi connectivity index (χ1v) is 6.99. The van der Waals surface area contributed by atoms with Crippen molar-refractivity contribution in [3.63, 3.8) is 0 Å². The number of allylic oxidation sites excluding steroid dienone is 1. The van der Waals surface area contributed by atoms with Gasteiger partial charge in [-0.15, -0.1) is 0 Å². The second-order valence-corrected chi connectivity index (χ2v) is 5.63. The molecule has 0 aromatic heterocycles. The first kappa shape index (κ1) is 11.8. The minimum atomic E-state index is 0.403. The van der Waals surface area contributed by atoms with E-state index in [2.05, 4.69) is 47.1 Å². The van der Waals surface area contributed by atoms with E-state index in [0.717, 1.165) is 19.6 Å². The Morgan fingerprint density at radius 1 is 1.11 bits per heavy atom. The molecule has 18 heavy (non-hydrogen) atoms. The van der Waals surface area contributed by atoms with Crippen molar-refractivity contribution in [2.75, 3.05) is 19.6 Å². The largest absolute Gasteiger partial charge is 0.370 e. The number of benzene rings is 1. The van der Waals surface area contributed by atoms with Crippen molar-refractivity contribution < 1.29 is 0 Å². The summed E-state index contributed by atoms with van der Waals surface area (Å²) in [7, 11) is 0. The fraction of sp³-hybridized carbons (Fsp3) is 0.500. The highest BCUT2D eigenvalue weighted by Gasteiger charge is 2.41. The fourth-order valence-electron chi connectivity index (χ4n) is 3.39. The Kier molecular flexibility index (Phi) is 3.13. The third-order valence-electron chi connectivity index (χ3n) is 4.63. The molecule has 2 aliphatic rings. The number of nitrogens with one attached hydrogen (secondary N) is 1. The van der Waals surface area contributed by atoms with E-state index in [-0.39, 0.29) is 0 Å². The van der Waals surface area contributed by atoms with Gasteiger partial charge in [-0.25, -0.2) is 0 Å². The van der Waals surface area contributed by atoms with Crippen LogP contribution in [0.25, 0.3) is 0 Å². The van der Waals surface area contributed by atoms with Gasteiger partial charge in [-0.3, -0.25) is 0 Å². The van der Waals surface area contributed by atoms with Crippen LogP contribution in [-0.2, 0) is 6.54 Å². The van der Waals surface area contributed by atoms with Crippen LogP contribution < -0.4 is 5.32 Å². The smallest absolute Gasteiger partial charge is 0.0426 e. The molecule has 2 nitrogen and oxygen atoms in total. The lowest BCUT2D eigenvalue weighted by Crippen LogP contribution is -2.37. The Hall–Kier alpha value is -1.28. The van der Waals surface area contributed by atoms with E-state index in [1.165, 1.54) is 37.1 Å². The zero-order valence-corrected chi connectivity index (χ0v) is 11.0. The van der Waals surface area contributed by atoms with E-state index < -0.39 is 0 Å². The van der Waals surface area contributed by atoms with Gasteiger partial charge in [0, 0.05) is 24.2 Å². The summed E-state index contributed by atoms with van der Waals surface area (Å²) in [6, 6.07) is 10.7. The summed E-state index contributed by atoms with van der Waals surface area (Å²) in [6.07, 6.45) is 3.81. The first-order valence-electron chi connectivity index (χ1n) is 6.99. The highest BCUT2D eigenvalue weighted by Crippen LogP contribution is 2.46. The number of hydrogen-bond acceptors (Lipinski definition) is 2. The van der Waals surface area contributed by atoms with Gasteiger partial charge in [0.25, 0.3) is 0 Å². The van der Waals surface area contributed by atoms with E-state index in [1.807, 2.05) is 0 Å². The lowest BCUT2D eigenvalue weighted by Gasteiger charge is -2.36. The third kappa shape index (κ3) is 2.05. The molecule has 0 radical (unpaired) electrons. The molecule has 0 saturated carbocycles. The molecule has 2 heteroatoms. The molecule has 1 spiro atoms. The highest BCUT2D eigenvalue weighted by atomic mass is 15.2. The lowest BCUT2D eigenvalue weighted by atomic mass is 9.76. The Bertz CT molecular complexity index is 418. The number of piperidine rings is 1. The van der Waals surface area contributed by atoms with Crippen LogP contribution in [0.2, 0.25) is 0 Å². The van der Waals surface area contributed by atoms with Gasteiger partial charge in [-0.05, 0) is 37.9 Å². The molecule has 0 unspecified atom stereocenters. The van der Waals surface area contributed by atoms with Gasteiger partial charge < -0.3 is 10.2 Å². The van der Waals surface area contributed by atoms with Crippen LogP contribution in [0.15, 0.2) is 42.6 Å². The number of likely N-dealkylation sites (tertiary alicyclic amines) is 1. The number of hydrogen-bond donors (Lipinski definition) is 1. The van der Waals surface area contributed by atoms with Crippen molar-refractivity contribution in [2.24, 2.45) is 5.41 Å². The summed E-state index contributed by atoms with van der Waals surface area (Å²) in [5.41, 5.74) is 3.18. The Balaban J connectivity index is 1.71. The molecule has 0 amide bonds. The van der Waals surface area contributed by atoms with Gasteiger partial charge in [-0.1, -0.05) is 36.9 Å². The second kappa shape index (κ2) is 4.77. The van der Waals surface area contributed by atoms with Crippen molar-refractivity contribution in [3.05, 3.63) is 48.2 Å². The van der Waals surface area contributed by atoms with Gasteiger partial charge in [0.15, 0.2) is 0 Å². The maximum Gasteiger partial charge on any atom is 0.0426 e. The van der Waals surface area contributed by atoms with Crippen molar-refractivity contribution in [3.8, 4) is 0 Å². The first-order chi connectivity index (χ1) is 8.80. The van der Waals surface area contributed by atoms with E-state index in [4.69, 9.17) is 0 Å². The average Bonchev–Trinajstić information content (AvgIpc) is 2.71. The summed E-state index contributed by atoms with van der Waals surface area (Å²) in [5, 5.41) is 3.46. The predicted molar refractivity (Wildman–Crippen MR) is 75.1 cm³/mol. The maximum atomic E-state index is 4.41. The SMILES string of the molecule is C=C1N(Cc2ccccc2)CCC12CCNCC2. The third-order valence-corrected chi connectivity index (χ3v) is 4.63. The number of rotatable bonds is 2. The van der Waals surface area contributed by atoms with Crippen LogP contribution in [0.3, 0.4) is 0 Å². The maximum absolute atomic E-state index is 4.41. The molecule has 0 bridgehead atoms. The summed E-state index contributed by atoms with van der Waals surface area (Å²) in [6.45, 7) is 8.91. The van der Waals surface area contributed by atoms with Gasteiger partial charge in [-0.2, -0.15) is 0 Å². The second-order valence-electron chi connectivity index (χ2n) is 5.63. The Morgan fingerprint density at radius 2 is 1.83 bits per heavy atom. The van der Waals surface area contributed by atoms with Crippen LogP contribution in [0.4, 0.5) is 0 Å². The van der Waals surface area contributed by atoms with Crippen molar-refractivity contribution in [1.29, 1.82) is 0 Å². The molecular weight excluding hydrogens is 220 g/mol. The quantitative estimate of drug-likeness (QED) is 0.858. The van der Waals surface area contributed by atoms with Gasteiger partial charge >= 0.3 is 0 Å². The fourth-order valence-corrected chi connectivity index (χ4v) is 3.39. The predicted octanol–water partition coefficient (Wildman–Crippen LogP) is 2.78. The Labute approximate surface area is 110 Å². The van der Waals surface area contributed by atoms with Gasteiger partial charge in [0.05, 0.1) is 0 Å². The van der Waals surface area contributed by atoms with Gasteiger partial charge in [0.2, 0.25) is 0 Å². The van der Waals surface area contributed by atoms with Crippen LogP contribution >= 0.6 is 0 Å². The summed E-state index contributed by atoms with van der Waals surface area (Å²) in [5.74, 6) is 0. The minimum absolute atomic E-state index is 0.403. The van der Waals surface area contributed by atoms with Crippen LogP contribution in [0.1, 0.15) is 24.8 Å². The van der Waals surface area contributed by atoms with E-state index in [0.29, 0.717) is 5.41 Å². The zero-order valence-electron chi connectivity index (χ0n) is 11.0.